The van der Waals surface area contributed by atoms with Crippen molar-refractivity contribution in [2.45, 2.75) is 24.9 Å². The molecule has 32 heavy (non-hydrogen) atoms. The maximum Gasteiger partial charge on any atom is 0.388 e. The first-order valence-corrected chi connectivity index (χ1v) is 10.8. The molecule has 13 nitrogen and oxygen atoms in total. The topological polar surface area (TPSA) is 180 Å². The van der Waals surface area contributed by atoms with E-state index >= 15 is 0 Å². The van der Waals surface area contributed by atoms with Crippen LogP contribution in [0.3, 0.4) is 0 Å². The fraction of sp³-hybridized carbons (Fsp3) is 0.389. The zero-order chi connectivity index (χ0) is 23.4. The van der Waals surface area contributed by atoms with Crippen molar-refractivity contribution in [2.24, 2.45) is 0 Å². The summed E-state index contributed by atoms with van der Waals surface area (Å²) in [7, 11) is -2.21. The second kappa shape index (κ2) is 9.81. The fourth-order valence-electron chi connectivity index (χ4n) is 3.29. The molecule has 0 radical (unpaired) electrons. The molecule has 1 fully saturated rings. The lowest BCUT2D eigenvalue weighted by Gasteiger charge is -2.13. The number of nitrogens with zero attached hydrogens (tertiary/aromatic N) is 4. The smallest absolute Gasteiger partial charge is 0.388 e. The third kappa shape index (κ3) is 4.90. The van der Waals surface area contributed by atoms with Gasteiger partial charge in [0.2, 0.25) is 11.9 Å². The van der Waals surface area contributed by atoms with Gasteiger partial charge in [0.1, 0.15) is 12.3 Å². The standard InChI is InChI=1S/C18H21N8O5P/c27-11-5-14(31-12(11)7-32-30)26-9-23-15-16(26)24-18(25-17(15)29)21-4-3-20-13(28)2-1-10-6-19-8-22-10/h1-2,6,8-9,11-12,14,27H,3-5,7H2,(H,19,22)(H,20,28)(H2,21,24,25,29)/p+1/b2-1+/i/hT. The van der Waals surface area contributed by atoms with Gasteiger partial charge in [0, 0.05) is 25.6 Å². The maximum absolute atomic E-state index is 12.4. The average Bonchev–Trinajstić information content (AvgIpc) is 3.50. The Bertz CT molecular complexity index is 1230. The Labute approximate surface area is 183 Å². The summed E-state index contributed by atoms with van der Waals surface area (Å²) < 4.78 is 25.7. The summed E-state index contributed by atoms with van der Waals surface area (Å²) in [6.07, 6.45) is 5.29. The molecule has 0 aromatic carbocycles. The molecule has 14 heteroatoms. The Morgan fingerprint density at radius 3 is 3.16 bits per heavy atom. The van der Waals surface area contributed by atoms with Crippen LogP contribution in [0.15, 0.2) is 29.7 Å². The molecule has 4 heterocycles. The van der Waals surface area contributed by atoms with Crippen molar-refractivity contribution < 1.29 is 19.2 Å². The van der Waals surface area contributed by atoms with Crippen LogP contribution in [0, 0.1) is 0 Å². The Hall–Kier alpha value is -3.41. The van der Waals surface area contributed by atoms with E-state index in [2.05, 4.69) is 35.6 Å². The summed E-state index contributed by atoms with van der Waals surface area (Å²) in [5.74, 6) is -0.108. The number of ether oxygens (including phenoxy) is 1. The number of anilines is 1. The van der Waals surface area contributed by atoms with Crippen molar-refractivity contribution in [3.8, 4) is 0 Å². The minimum atomic E-state index is -2.21. The summed E-state index contributed by atoms with van der Waals surface area (Å²) >= 11 is 0. The highest BCUT2D eigenvalue weighted by Gasteiger charge is 2.37. The summed E-state index contributed by atoms with van der Waals surface area (Å²) in [6.45, 7) is 0.571. The summed E-state index contributed by atoms with van der Waals surface area (Å²) in [5, 5.41) is 15.8. The largest absolute Gasteiger partial charge is 0.390 e. The van der Waals surface area contributed by atoms with Gasteiger partial charge in [-0.25, -0.2) is 9.97 Å². The minimum Gasteiger partial charge on any atom is -0.390 e. The number of fused-ring (bicyclic) bond motifs is 1. The van der Waals surface area contributed by atoms with Crippen LogP contribution >= 0.6 is 8.41 Å². The molecule has 0 bridgehead atoms. The number of aliphatic hydroxyl groups is 1. The van der Waals surface area contributed by atoms with E-state index < -0.39 is 32.4 Å². The minimum absolute atomic E-state index is 0.0801. The molecule has 5 N–H and O–H groups in total. The molecule has 4 rings (SSSR count). The zero-order valence-corrected chi connectivity index (χ0v) is 17.7. The first kappa shape index (κ1) is 20.5. The van der Waals surface area contributed by atoms with Gasteiger partial charge >= 0.3 is 9.68 Å². The van der Waals surface area contributed by atoms with E-state index in [0.29, 0.717) is 12.2 Å². The number of nitrogens with one attached hydrogen (secondary N) is 4. The molecule has 1 amide bonds. The molecule has 4 atom stereocenters. The number of carbonyl (C=O) groups is 1. The van der Waals surface area contributed by atoms with Gasteiger partial charge in [-0.3, -0.25) is 19.1 Å². The lowest BCUT2D eigenvalue weighted by Crippen LogP contribution is -2.28. The van der Waals surface area contributed by atoms with Gasteiger partial charge in [-0.05, 0) is 6.08 Å². The van der Waals surface area contributed by atoms with Gasteiger partial charge in [0.05, 0.1) is 30.6 Å². The molecule has 3 aromatic rings. The van der Waals surface area contributed by atoms with Crippen molar-refractivity contribution in [2.75, 3.05) is 24.6 Å². The number of hydrogen-bond acceptors (Lipinski definition) is 9. The number of amides is 1. The number of aromatic nitrogens is 6. The van der Waals surface area contributed by atoms with Crippen molar-refractivity contribution in [3.05, 3.63) is 41.0 Å². The highest BCUT2D eigenvalue weighted by atomic mass is 31.1. The predicted molar refractivity (Wildman–Crippen MR) is 116 cm³/mol. The van der Waals surface area contributed by atoms with E-state index in [4.69, 9.17) is 6.02 Å². The Balaban J connectivity index is 1.38. The van der Waals surface area contributed by atoms with Crippen LogP contribution in [0.25, 0.3) is 17.2 Å². The van der Waals surface area contributed by atoms with E-state index in [1.54, 1.807) is 12.3 Å². The van der Waals surface area contributed by atoms with Gasteiger partial charge in [-0.2, -0.15) is 4.98 Å². The Morgan fingerprint density at radius 1 is 1.50 bits per heavy atom. The molecular formula is C18H22N8O5P+. The predicted octanol–water partition coefficient (Wildman–Crippen LogP) is -0.243. The van der Waals surface area contributed by atoms with Crippen LogP contribution in [0.2, 0.25) is 0 Å². The highest BCUT2D eigenvalue weighted by molar-refractivity contribution is 7.23. The number of aromatic amines is 2. The van der Waals surface area contributed by atoms with E-state index in [1.807, 2.05) is 0 Å². The van der Waals surface area contributed by atoms with E-state index in [1.165, 1.54) is 23.3 Å². The zero-order valence-electron chi connectivity index (χ0n) is 17.8. The normalized spacial score (nSPS) is 21.7. The summed E-state index contributed by atoms with van der Waals surface area (Å²) in [6, 6.07) is 0. The van der Waals surface area contributed by atoms with Crippen LogP contribution in [0.1, 0.15) is 18.3 Å². The molecule has 0 saturated carbocycles. The van der Waals surface area contributed by atoms with Crippen LogP contribution in [-0.4, -0.2) is 73.2 Å². The van der Waals surface area contributed by atoms with Gasteiger partial charge < -0.3 is 25.5 Å². The Kier molecular flexibility index (Phi) is 6.28. The fourth-order valence-corrected chi connectivity index (χ4v) is 3.77. The SMILES string of the molecule is [3H][P+](=O)CC1OC(n2cnc3c(=O)[nH]c(NCCNC(=O)/C=C/c4cnc[nH]4)nc32)CC1O. The van der Waals surface area contributed by atoms with Crippen LogP contribution < -0.4 is 16.2 Å². The molecule has 1 aliphatic heterocycles. The average molecular weight is 463 g/mol. The molecule has 4 unspecified atom stereocenters. The van der Waals surface area contributed by atoms with Gasteiger partial charge in [-0.1, -0.05) is 4.57 Å². The second-order valence-corrected chi connectivity index (χ2v) is 7.66. The monoisotopic (exact) mass is 463 g/mol. The molecule has 1 saturated heterocycles. The third-order valence-corrected chi connectivity index (χ3v) is 5.36. The molecular weight excluding hydrogens is 439 g/mol. The van der Waals surface area contributed by atoms with Gasteiger partial charge in [0.25, 0.3) is 5.56 Å². The van der Waals surface area contributed by atoms with Crippen LogP contribution in [0.5, 0.6) is 0 Å². The first-order valence-electron chi connectivity index (χ1n) is 10.3. The van der Waals surface area contributed by atoms with Crippen LogP contribution in [0.4, 0.5) is 5.95 Å². The second-order valence-electron chi connectivity index (χ2n) is 7.04. The van der Waals surface area contributed by atoms with Crippen molar-refractivity contribution in [1.29, 1.82) is 1.28 Å². The van der Waals surface area contributed by atoms with Crippen molar-refractivity contribution in [1.82, 2.24) is 34.8 Å². The molecule has 1 aliphatic rings. The van der Waals surface area contributed by atoms with E-state index in [9.17, 15) is 19.3 Å². The van der Waals surface area contributed by atoms with Gasteiger partial charge in [-0.15, -0.1) is 0 Å². The lowest BCUT2D eigenvalue weighted by molar-refractivity contribution is -0.116. The Morgan fingerprint density at radius 2 is 2.38 bits per heavy atom. The molecule has 168 valence electrons. The highest BCUT2D eigenvalue weighted by Crippen LogP contribution is 2.31. The quantitative estimate of drug-likeness (QED) is 0.163. The van der Waals surface area contributed by atoms with E-state index in [-0.39, 0.29) is 42.1 Å². The molecule has 3 aromatic heterocycles. The summed E-state index contributed by atoms with van der Waals surface area (Å²) in [5.41, 5.74) is 0.595. The third-order valence-electron chi connectivity index (χ3n) is 4.85. The van der Waals surface area contributed by atoms with Gasteiger partial charge in [0.15, 0.2) is 17.3 Å². The first-order chi connectivity index (χ1) is 15.9. The van der Waals surface area contributed by atoms with Crippen molar-refractivity contribution in [3.63, 3.8) is 0 Å². The number of aliphatic hydroxyl groups excluding tert-OH is 1. The van der Waals surface area contributed by atoms with Crippen molar-refractivity contribution >= 4 is 37.5 Å². The lowest BCUT2D eigenvalue weighted by atomic mass is 10.2. The number of hydrogen-bond donors (Lipinski definition) is 5. The number of carbonyl (C=O) groups excluding carboxylic acids is 1. The maximum atomic E-state index is 12.4. The van der Waals surface area contributed by atoms with Crippen LogP contribution in [-0.2, 0) is 14.1 Å². The number of imidazole rings is 2. The molecule has 0 spiro atoms. The number of rotatable bonds is 9. The molecule has 0 aliphatic carbocycles. The summed E-state index contributed by atoms with van der Waals surface area (Å²) in [4.78, 5) is 42.0. The van der Waals surface area contributed by atoms with E-state index in [0.717, 1.165) is 0 Å². The number of H-pyrrole nitrogens is 2.